The zero-order chi connectivity index (χ0) is 24.4. The van der Waals surface area contributed by atoms with E-state index in [-0.39, 0.29) is 9.09 Å². The van der Waals surface area contributed by atoms with Crippen molar-refractivity contribution in [1.29, 1.82) is 0 Å². The molecule has 1 aliphatic carbocycles. The normalized spacial score (nSPS) is 13.1. The molecule has 2 N–H and O–H groups in total. The summed E-state index contributed by atoms with van der Waals surface area (Å²) in [5.41, 5.74) is 5.28. The summed E-state index contributed by atoms with van der Waals surface area (Å²) in [5, 5.41) is 0. The first kappa shape index (κ1) is 24.6. The number of sulfone groups is 1. The van der Waals surface area contributed by atoms with Gasteiger partial charge in [-0.2, -0.15) is 0 Å². The van der Waals surface area contributed by atoms with Gasteiger partial charge < -0.3 is 14.2 Å². The fourth-order valence-corrected chi connectivity index (χ4v) is 5.81. The van der Waals surface area contributed by atoms with Crippen molar-refractivity contribution in [1.82, 2.24) is 10.9 Å². The molecule has 33 heavy (non-hydrogen) atoms. The van der Waals surface area contributed by atoms with Gasteiger partial charge in [-0.05, 0) is 44.4 Å². The van der Waals surface area contributed by atoms with Gasteiger partial charge in [0.1, 0.15) is 21.3 Å². The van der Waals surface area contributed by atoms with Gasteiger partial charge in [0, 0.05) is 23.4 Å². The molecular weight excluding hydrogens is 468 g/mol. The highest BCUT2D eigenvalue weighted by atomic mass is 32.2. The first-order valence-corrected chi connectivity index (χ1v) is 12.7. The van der Waals surface area contributed by atoms with Crippen molar-refractivity contribution in [2.75, 3.05) is 20.5 Å². The summed E-state index contributed by atoms with van der Waals surface area (Å²) in [6.07, 6.45) is 5.04. The number of allylic oxidation sites excluding steroid dienone is 1. The van der Waals surface area contributed by atoms with E-state index in [1.54, 1.807) is 38.1 Å². The lowest BCUT2D eigenvalue weighted by Crippen LogP contribution is -2.44. The average molecular weight is 495 g/mol. The van der Waals surface area contributed by atoms with Crippen molar-refractivity contribution >= 4 is 39.3 Å². The van der Waals surface area contributed by atoms with Crippen LogP contribution in [-0.2, 0) is 26.6 Å². The maximum absolute atomic E-state index is 12.7. The molecule has 3 rings (SSSR count). The Morgan fingerprint density at radius 3 is 2.27 bits per heavy atom. The van der Waals surface area contributed by atoms with Gasteiger partial charge in [-0.15, -0.1) is 11.3 Å². The Morgan fingerprint density at radius 2 is 1.70 bits per heavy atom. The predicted octanol–water partition coefficient (Wildman–Crippen LogP) is 3.43. The van der Waals surface area contributed by atoms with Crippen LogP contribution in [0, 0.1) is 0 Å². The second-order valence-corrected chi connectivity index (χ2v) is 11.1. The maximum Gasteiger partial charge on any atom is 0.426 e. The van der Waals surface area contributed by atoms with Crippen molar-refractivity contribution < 1.29 is 32.2 Å². The highest BCUT2D eigenvalue weighted by Gasteiger charge is 2.29. The lowest BCUT2D eigenvalue weighted by molar-refractivity contribution is 0.0328. The molecule has 0 bridgehead atoms. The lowest BCUT2D eigenvalue weighted by Gasteiger charge is -2.26. The van der Waals surface area contributed by atoms with Crippen LogP contribution in [0.4, 0.5) is 4.79 Å². The van der Waals surface area contributed by atoms with Crippen molar-refractivity contribution in [3.63, 3.8) is 0 Å². The van der Waals surface area contributed by atoms with Crippen LogP contribution < -0.4 is 20.3 Å². The van der Waals surface area contributed by atoms with E-state index in [0.717, 1.165) is 17.6 Å². The lowest BCUT2D eigenvalue weighted by atomic mass is 9.97. The third kappa shape index (κ3) is 5.48. The van der Waals surface area contributed by atoms with Gasteiger partial charge in [0.05, 0.1) is 19.1 Å². The van der Waals surface area contributed by atoms with Gasteiger partial charge in [-0.25, -0.2) is 18.6 Å². The van der Waals surface area contributed by atoms with Crippen LogP contribution in [0.25, 0.3) is 6.08 Å². The second kappa shape index (κ2) is 9.44. The third-order valence-corrected chi connectivity index (χ3v) is 8.17. The fraction of sp³-hybridized carbons (Fsp3) is 0.364. The maximum atomic E-state index is 12.7. The largest absolute Gasteiger partial charge is 0.497 e. The number of rotatable bonds is 6. The summed E-state index contributed by atoms with van der Waals surface area (Å²) < 4.78 is 40.4. The predicted molar refractivity (Wildman–Crippen MR) is 124 cm³/mol. The number of amides is 2. The molecule has 2 amide bonds. The van der Waals surface area contributed by atoms with E-state index in [4.69, 9.17) is 14.2 Å². The topological polar surface area (TPSA) is 120 Å². The van der Waals surface area contributed by atoms with E-state index in [1.807, 2.05) is 6.08 Å². The summed E-state index contributed by atoms with van der Waals surface area (Å²) in [6, 6.07) is 5.13. The van der Waals surface area contributed by atoms with Gasteiger partial charge in [0.2, 0.25) is 0 Å². The summed E-state index contributed by atoms with van der Waals surface area (Å²) in [7, 11) is -0.466. The van der Waals surface area contributed by atoms with Crippen LogP contribution in [0.2, 0.25) is 0 Å². The number of fused-ring (bicyclic) bond motifs is 1. The smallest absolute Gasteiger partial charge is 0.426 e. The SMILES string of the molecule is COc1cc(OC)cc(C(C)(C)OC(=O)NNC(=O)c2sc(S(C)(=O)=O)c3c2CCC=C3)c1. The third-order valence-electron chi connectivity index (χ3n) is 5.07. The van der Waals surface area contributed by atoms with E-state index in [0.29, 0.717) is 41.0 Å². The van der Waals surface area contributed by atoms with Gasteiger partial charge in [-0.3, -0.25) is 10.2 Å². The van der Waals surface area contributed by atoms with Crippen molar-refractivity contribution in [3.8, 4) is 11.5 Å². The second-order valence-electron chi connectivity index (χ2n) is 7.90. The number of carbonyl (C=O) groups excluding carboxylic acids is 2. The van der Waals surface area contributed by atoms with Gasteiger partial charge in [0.15, 0.2) is 9.84 Å². The van der Waals surface area contributed by atoms with E-state index in [9.17, 15) is 18.0 Å². The molecule has 0 saturated carbocycles. The van der Waals surface area contributed by atoms with E-state index in [2.05, 4.69) is 10.9 Å². The molecule has 1 heterocycles. The number of hydrogen-bond acceptors (Lipinski definition) is 8. The first-order valence-electron chi connectivity index (χ1n) is 10.0. The highest BCUT2D eigenvalue weighted by Crippen LogP contribution is 2.36. The molecule has 1 aliphatic rings. The Bertz CT molecular complexity index is 1190. The summed E-state index contributed by atoms with van der Waals surface area (Å²) in [5.74, 6) is 0.458. The van der Waals surface area contributed by atoms with E-state index >= 15 is 0 Å². The molecule has 11 heteroatoms. The van der Waals surface area contributed by atoms with Gasteiger partial charge in [0.25, 0.3) is 5.91 Å². The number of thiophene rings is 1. The zero-order valence-corrected chi connectivity index (χ0v) is 20.6. The molecule has 0 fully saturated rings. The summed E-state index contributed by atoms with van der Waals surface area (Å²) >= 11 is 0.889. The minimum absolute atomic E-state index is 0.134. The molecule has 9 nitrogen and oxygen atoms in total. The number of nitrogens with one attached hydrogen (secondary N) is 2. The zero-order valence-electron chi connectivity index (χ0n) is 19.0. The molecule has 0 radical (unpaired) electrons. The molecule has 178 valence electrons. The molecular formula is C22H26N2O7S2. The molecule has 2 aromatic rings. The number of ether oxygens (including phenoxy) is 3. The minimum Gasteiger partial charge on any atom is -0.497 e. The molecule has 0 saturated heterocycles. The Hall–Kier alpha value is -3.05. The Balaban J connectivity index is 1.72. The Morgan fingerprint density at radius 1 is 1.06 bits per heavy atom. The van der Waals surface area contributed by atoms with Crippen LogP contribution in [-0.4, -0.2) is 40.9 Å². The van der Waals surface area contributed by atoms with Crippen LogP contribution in [0.5, 0.6) is 11.5 Å². The highest BCUT2D eigenvalue weighted by molar-refractivity contribution is 7.92. The van der Waals surface area contributed by atoms with Crippen LogP contribution in [0.1, 0.15) is 46.6 Å². The standard InChI is InChI=1S/C22H26N2O7S2/c1-22(2,13-10-14(29-3)12-15(11-13)30-4)31-21(26)24-23-19(25)18-16-8-6-7-9-17(16)20(32-18)33(5,27)28/h7,9-12H,6,8H2,1-5H3,(H,23,25)(H,24,26). The molecule has 0 atom stereocenters. The number of carbonyl (C=O) groups is 2. The van der Waals surface area contributed by atoms with E-state index < -0.39 is 27.4 Å². The quantitative estimate of drug-likeness (QED) is 0.590. The molecule has 0 unspecified atom stereocenters. The Kier molecular flexibility index (Phi) is 7.03. The summed E-state index contributed by atoms with van der Waals surface area (Å²) in [4.78, 5) is 25.4. The van der Waals surface area contributed by atoms with Crippen LogP contribution in [0.3, 0.4) is 0 Å². The first-order chi connectivity index (χ1) is 15.5. The minimum atomic E-state index is -3.50. The molecule has 0 spiro atoms. The average Bonchev–Trinajstić information content (AvgIpc) is 3.17. The molecule has 0 aliphatic heterocycles. The van der Waals surface area contributed by atoms with Crippen molar-refractivity contribution in [2.24, 2.45) is 0 Å². The number of benzene rings is 1. The number of hydrazine groups is 1. The Labute approximate surface area is 196 Å². The van der Waals surface area contributed by atoms with Crippen LogP contribution >= 0.6 is 11.3 Å². The van der Waals surface area contributed by atoms with Crippen LogP contribution in [0.15, 0.2) is 28.5 Å². The summed E-state index contributed by atoms with van der Waals surface area (Å²) in [6.45, 7) is 3.37. The van der Waals surface area contributed by atoms with E-state index in [1.165, 1.54) is 14.2 Å². The van der Waals surface area contributed by atoms with Crippen molar-refractivity contribution in [3.05, 3.63) is 45.8 Å². The fourth-order valence-electron chi connectivity index (χ4n) is 3.40. The van der Waals surface area contributed by atoms with Crippen molar-refractivity contribution in [2.45, 2.75) is 36.5 Å². The van der Waals surface area contributed by atoms with Gasteiger partial charge in [-0.1, -0.05) is 12.2 Å². The molecule has 1 aromatic heterocycles. The number of hydrogen-bond donors (Lipinski definition) is 2. The number of methoxy groups -OCH3 is 2. The molecule has 1 aromatic carbocycles. The monoisotopic (exact) mass is 494 g/mol. The van der Waals surface area contributed by atoms with Gasteiger partial charge >= 0.3 is 6.09 Å².